The summed E-state index contributed by atoms with van der Waals surface area (Å²) in [5.41, 5.74) is 3.07. The molecule has 8 heteroatoms. The number of halogens is 2. The third-order valence-corrected chi connectivity index (χ3v) is 7.39. The molecule has 5 rings (SSSR count). The molecule has 1 fully saturated rings. The molecule has 0 radical (unpaired) electrons. The molecule has 4 aromatic rings. The van der Waals surface area contributed by atoms with Crippen LogP contribution in [0.1, 0.15) is 29.3 Å². The average molecular weight is 509 g/mol. The first-order valence-electron chi connectivity index (χ1n) is 11.0. The number of aromatic nitrogens is 3. The zero-order valence-corrected chi connectivity index (χ0v) is 20.5. The summed E-state index contributed by atoms with van der Waals surface area (Å²) in [4.78, 5) is 12.8. The van der Waals surface area contributed by atoms with Crippen molar-refractivity contribution in [3.63, 3.8) is 0 Å². The molecular weight excluding hydrogens is 487 g/mol. The molecule has 0 spiro atoms. The van der Waals surface area contributed by atoms with Crippen LogP contribution in [0.2, 0.25) is 10.0 Å². The quantitative estimate of drug-likeness (QED) is 0.284. The van der Waals surface area contributed by atoms with E-state index in [1.54, 1.807) is 30.0 Å². The van der Waals surface area contributed by atoms with E-state index >= 15 is 0 Å². The number of carbonyl (C=O) groups excluding carboxylic acids is 1. The number of nitrogens with one attached hydrogen (secondary N) is 1. The van der Waals surface area contributed by atoms with Crippen molar-refractivity contribution < 1.29 is 4.79 Å². The van der Waals surface area contributed by atoms with Gasteiger partial charge in [-0.3, -0.25) is 9.36 Å². The van der Waals surface area contributed by atoms with E-state index in [2.05, 4.69) is 39.8 Å². The lowest BCUT2D eigenvalue weighted by atomic mass is 10.1. The molecular formula is C26H22Cl2N4OS. The lowest BCUT2D eigenvalue weighted by Crippen LogP contribution is -2.26. The van der Waals surface area contributed by atoms with Crippen LogP contribution < -0.4 is 5.32 Å². The summed E-state index contributed by atoms with van der Waals surface area (Å²) in [5, 5.41) is 13.6. The Bertz CT molecular complexity index is 1300. The summed E-state index contributed by atoms with van der Waals surface area (Å²) in [6.45, 7) is 0.249. The van der Waals surface area contributed by atoms with E-state index in [0.29, 0.717) is 26.7 Å². The number of benzene rings is 3. The predicted octanol–water partition coefficient (Wildman–Crippen LogP) is 6.29. The fraction of sp³-hybridized carbons (Fsp3) is 0.192. The number of hydrogen-bond donors (Lipinski definition) is 1. The zero-order valence-electron chi connectivity index (χ0n) is 18.2. The predicted molar refractivity (Wildman–Crippen MR) is 137 cm³/mol. The highest BCUT2D eigenvalue weighted by Gasteiger charge is 2.43. The van der Waals surface area contributed by atoms with Gasteiger partial charge in [-0.1, -0.05) is 95.6 Å². The second-order valence-electron chi connectivity index (χ2n) is 8.18. The smallest absolute Gasteiger partial charge is 0.224 e. The van der Waals surface area contributed by atoms with Crippen LogP contribution in [-0.2, 0) is 17.1 Å². The summed E-state index contributed by atoms with van der Waals surface area (Å²) in [5.74, 6) is 1.62. The molecule has 0 saturated heterocycles. The van der Waals surface area contributed by atoms with Gasteiger partial charge >= 0.3 is 0 Å². The summed E-state index contributed by atoms with van der Waals surface area (Å²) < 4.78 is 1.88. The van der Waals surface area contributed by atoms with Crippen molar-refractivity contribution in [2.45, 2.75) is 29.8 Å². The second-order valence-corrected chi connectivity index (χ2v) is 9.97. The molecule has 172 valence electrons. The van der Waals surface area contributed by atoms with E-state index in [-0.39, 0.29) is 24.3 Å². The molecule has 0 aliphatic heterocycles. The Kier molecular flexibility index (Phi) is 6.90. The molecule has 1 unspecified atom stereocenters. The van der Waals surface area contributed by atoms with Gasteiger partial charge in [-0.2, -0.15) is 0 Å². The molecule has 1 amide bonds. The van der Waals surface area contributed by atoms with Gasteiger partial charge in [-0.15, -0.1) is 10.2 Å². The molecule has 3 aromatic carbocycles. The van der Waals surface area contributed by atoms with Crippen molar-refractivity contribution in [1.82, 2.24) is 20.1 Å². The van der Waals surface area contributed by atoms with Gasteiger partial charge < -0.3 is 5.32 Å². The molecule has 1 heterocycles. The highest BCUT2D eigenvalue weighted by Crippen LogP contribution is 2.47. The topological polar surface area (TPSA) is 59.8 Å². The van der Waals surface area contributed by atoms with Crippen LogP contribution in [0.3, 0.4) is 0 Å². The third kappa shape index (κ3) is 5.14. The van der Waals surface area contributed by atoms with Crippen LogP contribution in [0.5, 0.6) is 0 Å². The van der Waals surface area contributed by atoms with Crippen LogP contribution in [-0.4, -0.2) is 20.7 Å². The second kappa shape index (κ2) is 10.2. The van der Waals surface area contributed by atoms with E-state index in [1.807, 2.05) is 41.0 Å². The van der Waals surface area contributed by atoms with Crippen LogP contribution in [0.25, 0.3) is 5.69 Å². The number of thioether (sulfide) groups is 1. The highest BCUT2D eigenvalue weighted by atomic mass is 35.5. The first-order valence-corrected chi connectivity index (χ1v) is 12.7. The molecule has 5 nitrogen and oxygen atoms in total. The van der Waals surface area contributed by atoms with E-state index in [0.717, 1.165) is 12.2 Å². The van der Waals surface area contributed by atoms with Crippen LogP contribution in [0.15, 0.2) is 84.0 Å². The standard InChI is InChI=1S/C26H22Cl2N4OS/c27-19-11-12-22(28)23(13-19)32-24(30-31-26(32)34-16-17-7-3-1-4-8-17)15-29-25(33)21-14-20(21)18-9-5-2-6-10-18/h1-13,20-21H,14-16H2,(H,29,33)/t20-,21?/m0/s1. The lowest BCUT2D eigenvalue weighted by molar-refractivity contribution is -0.122. The van der Waals surface area contributed by atoms with Gasteiger partial charge in [0.05, 0.1) is 17.3 Å². The number of nitrogens with zero attached hydrogens (tertiary/aromatic N) is 3. The van der Waals surface area contributed by atoms with Gasteiger partial charge in [0.15, 0.2) is 11.0 Å². The van der Waals surface area contributed by atoms with Gasteiger partial charge in [0.25, 0.3) is 0 Å². The first kappa shape index (κ1) is 23.0. The van der Waals surface area contributed by atoms with E-state index in [1.165, 1.54) is 11.1 Å². The normalized spacial score (nSPS) is 16.9. The minimum atomic E-state index is -0.0135. The Hall–Kier alpha value is -2.80. The third-order valence-electron chi connectivity index (χ3n) is 5.84. The summed E-state index contributed by atoms with van der Waals surface area (Å²) in [7, 11) is 0. The number of hydrogen-bond acceptors (Lipinski definition) is 4. The van der Waals surface area contributed by atoms with Crippen LogP contribution in [0, 0.1) is 5.92 Å². The van der Waals surface area contributed by atoms with Crippen molar-refractivity contribution in [3.05, 3.63) is 106 Å². The largest absolute Gasteiger partial charge is 0.349 e. The van der Waals surface area contributed by atoms with Crippen molar-refractivity contribution in [3.8, 4) is 5.69 Å². The lowest BCUT2D eigenvalue weighted by Gasteiger charge is -2.13. The van der Waals surface area contributed by atoms with Crippen molar-refractivity contribution in [2.24, 2.45) is 5.92 Å². The van der Waals surface area contributed by atoms with Crippen molar-refractivity contribution in [2.75, 3.05) is 0 Å². The van der Waals surface area contributed by atoms with E-state index in [4.69, 9.17) is 23.2 Å². The van der Waals surface area contributed by atoms with E-state index in [9.17, 15) is 4.79 Å². The fourth-order valence-electron chi connectivity index (χ4n) is 3.98. The number of rotatable bonds is 8. The van der Waals surface area contributed by atoms with E-state index < -0.39 is 0 Å². The number of carbonyl (C=O) groups is 1. The molecule has 0 bridgehead atoms. The van der Waals surface area contributed by atoms with Gasteiger partial charge in [0.1, 0.15) is 0 Å². The Morgan fingerprint density at radius 3 is 2.50 bits per heavy atom. The molecule has 1 aliphatic rings. The highest BCUT2D eigenvalue weighted by molar-refractivity contribution is 7.98. The first-order chi connectivity index (χ1) is 16.6. The maximum absolute atomic E-state index is 12.8. The van der Waals surface area contributed by atoms with Crippen LogP contribution >= 0.6 is 35.0 Å². The van der Waals surface area contributed by atoms with Gasteiger partial charge in [0.2, 0.25) is 5.91 Å². The monoisotopic (exact) mass is 508 g/mol. The van der Waals surface area contributed by atoms with Crippen molar-refractivity contribution in [1.29, 1.82) is 0 Å². The van der Waals surface area contributed by atoms with Crippen LogP contribution in [0.4, 0.5) is 0 Å². The Labute approximate surface area is 212 Å². The van der Waals surface area contributed by atoms with Crippen molar-refractivity contribution >= 4 is 40.9 Å². The molecule has 1 saturated carbocycles. The molecule has 1 N–H and O–H groups in total. The minimum absolute atomic E-state index is 0.0135. The Balaban J connectivity index is 1.35. The zero-order chi connectivity index (χ0) is 23.5. The van der Waals surface area contributed by atoms with Gasteiger partial charge in [-0.25, -0.2) is 0 Å². The fourth-order valence-corrected chi connectivity index (χ4v) is 5.27. The Morgan fingerprint density at radius 1 is 1.00 bits per heavy atom. The SMILES string of the molecule is O=C(NCc1nnc(SCc2ccccc2)n1-c1cc(Cl)ccc1Cl)C1C[C@H]1c1ccccc1. The molecule has 2 atom stereocenters. The molecule has 34 heavy (non-hydrogen) atoms. The Morgan fingerprint density at radius 2 is 1.74 bits per heavy atom. The summed E-state index contributed by atoms with van der Waals surface area (Å²) in [6, 6.07) is 25.6. The van der Waals surface area contributed by atoms with Gasteiger partial charge in [0, 0.05) is 16.7 Å². The molecule has 1 aromatic heterocycles. The summed E-state index contributed by atoms with van der Waals surface area (Å²) >= 11 is 14.4. The van der Waals surface area contributed by atoms with Gasteiger partial charge in [-0.05, 0) is 41.7 Å². The maximum atomic E-state index is 12.8. The summed E-state index contributed by atoms with van der Waals surface area (Å²) in [6.07, 6.45) is 0.862. The minimum Gasteiger partial charge on any atom is -0.349 e. The number of amides is 1. The maximum Gasteiger partial charge on any atom is 0.224 e. The average Bonchev–Trinajstić information content (AvgIpc) is 3.58. The molecule has 1 aliphatic carbocycles.